The monoisotopic (exact) mass is 494 g/mol. The van der Waals surface area contributed by atoms with E-state index in [1.807, 2.05) is 0 Å². The van der Waals surface area contributed by atoms with Crippen molar-refractivity contribution in [2.24, 2.45) is 0 Å². The molecule has 12 heteroatoms. The molecule has 2 aromatic rings. The average molecular weight is 496 g/mol. The van der Waals surface area contributed by atoms with Crippen LogP contribution in [0.5, 0.6) is 5.75 Å². The first-order chi connectivity index (χ1) is 14.0. The van der Waals surface area contributed by atoms with Gasteiger partial charge in [-0.25, -0.2) is 8.42 Å². The van der Waals surface area contributed by atoms with E-state index in [0.29, 0.717) is 5.56 Å². The van der Waals surface area contributed by atoms with Gasteiger partial charge < -0.3 is 15.2 Å². The van der Waals surface area contributed by atoms with Crippen molar-refractivity contribution in [1.82, 2.24) is 5.32 Å². The Hall–Kier alpha value is -2.20. The van der Waals surface area contributed by atoms with Crippen LogP contribution in [0, 0.1) is 0 Å². The van der Waals surface area contributed by atoms with E-state index in [9.17, 15) is 18.0 Å². The average Bonchev–Trinajstić information content (AvgIpc) is 2.67. The number of hydrogen-bond acceptors (Lipinski definition) is 5. The van der Waals surface area contributed by atoms with Gasteiger partial charge in [0.2, 0.25) is 10.0 Å². The molecule has 3 N–H and O–H groups in total. The lowest BCUT2D eigenvalue weighted by Gasteiger charge is -2.14. The predicted octanol–water partition coefficient (Wildman–Crippen LogP) is 3.80. The number of ether oxygens (including phenoxy) is 1. The van der Waals surface area contributed by atoms with Gasteiger partial charge in [-0.15, -0.1) is 0 Å². The minimum absolute atomic E-state index is 0.0296. The summed E-state index contributed by atoms with van der Waals surface area (Å²) in [5.74, 6) is -1.88. The molecule has 0 aliphatic carbocycles. The second-order valence-corrected chi connectivity index (χ2v) is 9.12. The number of carbonyl (C=O) groups excluding carboxylic acids is 1. The van der Waals surface area contributed by atoms with Gasteiger partial charge in [0.1, 0.15) is 13.2 Å². The summed E-state index contributed by atoms with van der Waals surface area (Å²) in [7, 11) is -3.51. The largest absolute Gasteiger partial charge is 0.486 e. The van der Waals surface area contributed by atoms with E-state index in [1.54, 1.807) is 12.1 Å². The SMILES string of the molecule is CCS(=O)(=O)Nc1cccc(COc2c(Cl)cc(C(=O)NCC(=O)O)cc2Cl)c1Cl. The summed E-state index contributed by atoms with van der Waals surface area (Å²) in [6, 6.07) is 7.34. The molecule has 2 aromatic carbocycles. The van der Waals surface area contributed by atoms with E-state index >= 15 is 0 Å². The summed E-state index contributed by atoms with van der Waals surface area (Å²) in [5, 5.41) is 11.0. The van der Waals surface area contributed by atoms with Gasteiger partial charge in [0.15, 0.2) is 5.75 Å². The highest BCUT2D eigenvalue weighted by atomic mass is 35.5. The maximum absolute atomic E-state index is 12.0. The molecule has 0 spiro atoms. The fraction of sp³-hybridized carbons (Fsp3) is 0.222. The van der Waals surface area contributed by atoms with Crippen molar-refractivity contribution < 1.29 is 27.9 Å². The fourth-order valence-electron chi connectivity index (χ4n) is 2.25. The van der Waals surface area contributed by atoms with Gasteiger partial charge in [0.05, 0.1) is 26.5 Å². The van der Waals surface area contributed by atoms with Gasteiger partial charge in [0, 0.05) is 11.1 Å². The Balaban J connectivity index is 2.18. The second-order valence-electron chi connectivity index (χ2n) is 5.92. The van der Waals surface area contributed by atoms with Crippen molar-refractivity contribution in [3.8, 4) is 5.75 Å². The molecule has 8 nitrogen and oxygen atoms in total. The van der Waals surface area contributed by atoms with Crippen molar-refractivity contribution in [2.75, 3.05) is 17.0 Å². The Morgan fingerprint density at radius 1 is 1.13 bits per heavy atom. The first-order valence-electron chi connectivity index (χ1n) is 8.43. The van der Waals surface area contributed by atoms with Gasteiger partial charge in [-0.3, -0.25) is 14.3 Å². The number of benzene rings is 2. The van der Waals surface area contributed by atoms with Crippen LogP contribution in [-0.4, -0.2) is 37.7 Å². The highest BCUT2D eigenvalue weighted by molar-refractivity contribution is 7.92. The lowest BCUT2D eigenvalue weighted by Crippen LogP contribution is -2.29. The summed E-state index contributed by atoms with van der Waals surface area (Å²) in [5.41, 5.74) is 0.748. The molecule has 0 saturated heterocycles. The Labute approximate surface area is 188 Å². The zero-order valence-corrected chi connectivity index (χ0v) is 18.6. The summed E-state index contributed by atoms with van der Waals surface area (Å²) in [6.45, 7) is 0.867. The minimum Gasteiger partial charge on any atom is -0.486 e. The highest BCUT2D eigenvalue weighted by Gasteiger charge is 2.17. The van der Waals surface area contributed by atoms with Gasteiger partial charge in [-0.05, 0) is 25.1 Å². The number of aliphatic carboxylic acids is 1. The molecule has 2 rings (SSSR count). The van der Waals surface area contributed by atoms with E-state index < -0.39 is 28.4 Å². The third-order valence-electron chi connectivity index (χ3n) is 3.76. The second kappa shape index (κ2) is 10.2. The van der Waals surface area contributed by atoms with E-state index in [4.69, 9.17) is 44.6 Å². The zero-order valence-electron chi connectivity index (χ0n) is 15.5. The van der Waals surface area contributed by atoms with E-state index in [0.717, 1.165) is 0 Å². The first-order valence-corrected chi connectivity index (χ1v) is 11.2. The normalized spacial score (nSPS) is 11.1. The van der Waals surface area contributed by atoms with Crippen LogP contribution < -0.4 is 14.8 Å². The topological polar surface area (TPSA) is 122 Å². The molecular formula is C18H17Cl3N2O6S. The van der Waals surface area contributed by atoms with Crippen molar-refractivity contribution in [3.63, 3.8) is 0 Å². The molecule has 0 aliphatic heterocycles. The molecular weight excluding hydrogens is 479 g/mol. The minimum atomic E-state index is -3.51. The molecule has 0 aliphatic rings. The van der Waals surface area contributed by atoms with Gasteiger partial charge in [-0.1, -0.05) is 46.9 Å². The molecule has 0 atom stereocenters. The third-order valence-corrected chi connectivity index (χ3v) is 6.06. The van der Waals surface area contributed by atoms with Gasteiger partial charge in [0.25, 0.3) is 5.91 Å². The Morgan fingerprint density at radius 2 is 1.77 bits per heavy atom. The lowest BCUT2D eigenvalue weighted by molar-refractivity contribution is -0.135. The quantitative estimate of drug-likeness (QED) is 0.486. The van der Waals surface area contributed by atoms with Gasteiger partial charge >= 0.3 is 5.97 Å². The number of carboxylic acid groups (broad SMARTS) is 1. The summed E-state index contributed by atoms with van der Waals surface area (Å²) >= 11 is 18.6. The molecule has 0 fully saturated rings. The van der Waals surface area contributed by atoms with Crippen molar-refractivity contribution in [1.29, 1.82) is 0 Å². The van der Waals surface area contributed by atoms with Crippen LogP contribution in [-0.2, 0) is 21.4 Å². The molecule has 0 radical (unpaired) electrons. The lowest BCUT2D eigenvalue weighted by atomic mass is 10.2. The van der Waals surface area contributed by atoms with Crippen LogP contribution >= 0.6 is 34.8 Å². The maximum atomic E-state index is 12.0. The van der Waals surface area contributed by atoms with Crippen LogP contribution in [0.25, 0.3) is 0 Å². The van der Waals surface area contributed by atoms with Crippen molar-refractivity contribution in [2.45, 2.75) is 13.5 Å². The number of sulfonamides is 1. The zero-order chi connectivity index (χ0) is 22.5. The standard InChI is InChI=1S/C18H17Cl3N2O6S/c1-2-30(27,28)23-14-5-3-4-10(16(14)21)9-29-17-12(19)6-11(7-13(17)20)18(26)22-8-15(24)25/h3-7,23H,2,8-9H2,1H3,(H,22,26)(H,24,25). The molecule has 1 amide bonds. The van der Waals surface area contributed by atoms with Crippen molar-refractivity contribution in [3.05, 3.63) is 56.5 Å². The Morgan fingerprint density at radius 3 is 2.33 bits per heavy atom. The van der Waals surface area contributed by atoms with E-state index in [1.165, 1.54) is 25.1 Å². The smallest absolute Gasteiger partial charge is 0.322 e. The molecule has 162 valence electrons. The summed E-state index contributed by atoms with van der Waals surface area (Å²) < 4.78 is 31.6. The molecule has 0 unspecified atom stereocenters. The van der Waals surface area contributed by atoms with Crippen LogP contribution in [0.4, 0.5) is 5.69 Å². The predicted molar refractivity (Wildman–Crippen MR) is 115 cm³/mol. The van der Waals surface area contributed by atoms with Crippen molar-refractivity contribution >= 4 is 62.4 Å². The van der Waals surface area contributed by atoms with Crippen LogP contribution in [0.15, 0.2) is 30.3 Å². The molecule has 0 bridgehead atoms. The molecule has 0 saturated carbocycles. The number of nitrogens with one attached hydrogen (secondary N) is 2. The number of amides is 1. The van der Waals surface area contributed by atoms with Crippen LogP contribution in [0.2, 0.25) is 15.1 Å². The number of carboxylic acids is 1. The third kappa shape index (κ3) is 6.40. The molecule has 0 heterocycles. The molecule has 0 aromatic heterocycles. The maximum Gasteiger partial charge on any atom is 0.322 e. The number of halogens is 3. The number of hydrogen-bond donors (Lipinski definition) is 3. The van der Waals surface area contributed by atoms with Crippen LogP contribution in [0.1, 0.15) is 22.8 Å². The van der Waals surface area contributed by atoms with Crippen LogP contribution in [0.3, 0.4) is 0 Å². The van der Waals surface area contributed by atoms with E-state index in [2.05, 4.69) is 10.0 Å². The summed E-state index contributed by atoms with van der Waals surface area (Å²) in [6.07, 6.45) is 0. The number of carbonyl (C=O) groups is 2. The Kier molecular flexibility index (Phi) is 8.19. The number of anilines is 1. The highest BCUT2D eigenvalue weighted by Crippen LogP contribution is 2.36. The Bertz CT molecular complexity index is 1050. The van der Waals surface area contributed by atoms with Gasteiger partial charge in [-0.2, -0.15) is 0 Å². The fourth-order valence-corrected chi connectivity index (χ4v) is 3.78. The molecule has 30 heavy (non-hydrogen) atoms. The number of rotatable bonds is 9. The summed E-state index contributed by atoms with van der Waals surface area (Å²) in [4.78, 5) is 22.5. The first kappa shape index (κ1) is 24.1. The van der Waals surface area contributed by atoms with E-state index in [-0.39, 0.29) is 44.4 Å².